The Balaban J connectivity index is 1.75. The average Bonchev–Trinajstić information content (AvgIpc) is 2.89. The van der Waals surface area contributed by atoms with Gasteiger partial charge in [-0.1, -0.05) is 35.9 Å². The van der Waals surface area contributed by atoms with Crippen LogP contribution in [0.1, 0.15) is 11.7 Å². The summed E-state index contributed by atoms with van der Waals surface area (Å²) in [5.41, 5.74) is 1.37. The van der Waals surface area contributed by atoms with Crippen LogP contribution in [0.5, 0.6) is 0 Å². The van der Waals surface area contributed by atoms with Crippen LogP contribution in [0.4, 0.5) is 4.79 Å². The molecule has 0 bridgehead atoms. The highest BCUT2D eigenvalue weighted by molar-refractivity contribution is 6.32. The van der Waals surface area contributed by atoms with Crippen molar-refractivity contribution in [1.82, 2.24) is 14.9 Å². The molecule has 1 atom stereocenters. The lowest BCUT2D eigenvalue weighted by Gasteiger charge is -2.13. The molecule has 2 N–H and O–H groups in total. The summed E-state index contributed by atoms with van der Waals surface area (Å²) in [6, 6.07) is 12.3. The van der Waals surface area contributed by atoms with Crippen LogP contribution < -0.4 is 5.32 Å². The Labute approximate surface area is 132 Å². The molecule has 2 aromatic heterocycles. The molecular weight excluding hydrogens is 302 g/mol. The molecular formula is C16H14ClN3O2. The van der Waals surface area contributed by atoms with Crippen molar-refractivity contribution in [2.24, 2.45) is 0 Å². The first-order chi connectivity index (χ1) is 10.7. The van der Waals surface area contributed by atoms with Gasteiger partial charge in [0.1, 0.15) is 5.15 Å². The van der Waals surface area contributed by atoms with Gasteiger partial charge in [0.05, 0.1) is 11.6 Å². The van der Waals surface area contributed by atoms with E-state index in [4.69, 9.17) is 11.6 Å². The van der Waals surface area contributed by atoms with Crippen LogP contribution >= 0.6 is 11.6 Å². The van der Waals surface area contributed by atoms with E-state index in [1.54, 1.807) is 30.6 Å². The third-order valence-electron chi connectivity index (χ3n) is 3.38. The molecule has 0 saturated carbocycles. The van der Waals surface area contributed by atoms with Crippen molar-refractivity contribution in [3.05, 3.63) is 65.6 Å². The predicted molar refractivity (Wildman–Crippen MR) is 84.9 cm³/mol. The fraction of sp³-hybridized carbons (Fsp3) is 0.125. The number of hydrogen-bond donors (Lipinski definition) is 2. The molecule has 3 aromatic rings. The molecule has 3 rings (SSSR count). The maximum atomic E-state index is 12.3. The van der Waals surface area contributed by atoms with Crippen LogP contribution in [0.25, 0.3) is 10.9 Å². The Morgan fingerprint density at radius 2 is 2.14 bits per heavy atom. The normalized spacial score (nSPS) is 12.3. The summed E-state index contributed by atoms with van der Waals surface area (Å²) in [4.78, 5) is 16.3. The highest BCUT2D eigenvalue weighted by atomic mass is 35.5. The summed E-state index contributed by atoms with van der Waals surface area (Å²) in [5.74, 6) is 0. The van der Waals surface area contributed by atoms with Crippen molar-refractivity contribution in [2.75, 3.05) is 6.54 Å². The van der Waals surface area contributed by atoms with Crippen LogP contribution in [0.3, 0.4) is 0 Å². The maximum Gasteiger partial charge on any atom is 0.327 e. The Morgan fingerprint density at radius 1 is 1.32 bits per heavy atom. The number of rotatable bonds is 3. The van der Waals surface area contributed by atoms with Crippen molar-refractivity contribution in [3.8, 4) is 0 Å². The zero-order chi connectivity index (χ0) is 15.5. The molecule has 0 aliphatic carbocycles. The van der Waals surface area contributed by atoms with E-state index in [9.17, 15) is 9.90 Å². The molecule has 0 radical (unpaired) electrons. The van der Waals surface area contributed by atoms with Gasteiger partial charge >= 0.3 is 6.03 Å². The van der Waals surface area contributed by atoms with Gasteiger partial charge in [0.15, 0.2) is 0 Å². The minimum atomic E-state index is -0.821. The molecule has 0 spiro atoms. The van der Waals surface area contributed by atoms with Gasteiger partial charge in [-0.05, 0) is 18.2 Å². The van der Waals surface area contributed by atoms with Gasteiger partial charge in [0.25, 0.3) is 0 Å². The molecule has 0 saturated heterocycles. The number of aromatic nitrogens is 2. The minimum absolute atomic E-state index is 0.0767. The topological polar surface area (TPSA) is 67.2 Å². The van der Waals surface area contributed by atoms with Crippen molar-refractivity contribution in [1.29, 1.82) is 0 Å². The molecule has 0 fully saturated rings. The van der Waals surface area contributed by atoms with Gasteiger partial charge in [0.2, 0.25) is 0 Å². The monoisotopic (exact) mass is 315 g/mol. The number of amides is 1. The second-order valence-electron chi connectivity index (χ2n) is 4.85. The van der Waals surface area contributed by atoms with Crippen molar-refractivity contribution < 1.29 is 9.90 Å². The molecule has 112 valence electrons. The van der Waals surface area contributed by atoms with E-state index in [-0.39, 0.29) is 12.6 Å². The van der Waals surface area contributed by atoms with Crippen LogP contribution in [-0.2, 0) is 0 Å². The number of benzene rings is 1. The molecule has 6 heteroatoms. The third kappa shape index (κ3) is 2.81. The molecule has 1 aromatic carbocycles. The van der Waals surface area contributed by atoms with Crippen molar-refractivity contribution in [3.63, 3.8) is 0 Å². The number of fused-ring (bicyclic) bond motifs is 1. The van der Waals surface area contributed by atoms with Gasteiger partial charge in [-0.25, -0.2) is 4.79 Å². The molecule has 0 aliphatic heterocycles. The summed E-state index contributed by atoms with van der Waals surface area (Å²) in [5, 5.41) is 13.9. The molecule has 0 aliphatic rings. The Bertz CT molecular complexity index is 802. The van der Waals surface area contributed by atoms with Gasteiger partial charge in [0, 0.05) is 29.9 Å². The summed E-state index contributed by atoms with van der Waals surface area (Å²) < 4.78 is 1.38. The number of nitrogens with one attached hydrogen (secondary N) is 1. The number of pyridine rings is 1. The number of carbonyl (C=O) groups is 1. The Morgan fingerprint density at radius 3 is 2.91 bits per heavy atom. The number of nitrogens with zero attached hydrogens (tertiary/aromatic N) is 2. The molecule has 22 heavy (non-hydrogen) atoms. The summed E-state index contributed by atoms with van der Waals surface area (Å²) in [7, 11) is 0. The first-order valence-corrected chi connectivity index (χ1v) is 7.17. The molecule has 0 unspecified atom stereocenters. The number of para-hydroxylation sites is 1. The Hall–Kier alpha value is -2.37. The third-order valence-corrected chi connectivity index (χ3v) is 3.66. The zero-order valence-corrected chi connectivity index (χ0v) is 12.4. The Kier molecular flexibility index (Phi) is 4.09. The lowest BCUT2D eigenvalue weighted by molar-refractivity contribution is 0.173. The van der Waals surface area contributed by atoms with Gasteiger partial charge in [-0.3, -0.25) is 9.55 Å². The van der Waals surface area contributed by atoms with Gasteiger partial charge in [-0.15, -0.1) is 0 Å². The first-order valence-electron chi connectivity index (χ1n) is 6.79. The second kappa shape index (κ2) is 6.17. The van der Waals surface area contributed by atoms with E-state index in [0.717, 1.165) is 10.9 Å². The SMILES string of the molecule is O=C(NC[C@@H](O)c1cccnc1)n1c(Cl)cc2ccccc21. The minimum Gasteiger partial charge on any atom is -0.387 e. The quantitative estimate of drug-likeness (QED) is 0.781. The maximum absolute atomic E-state index is 12.3. The largest absolute Gasteiger partial charge is 0.387 e. The summed E-state index contributed by atoms with van der Waals surface area (Å²) in [6.07, 6.45) is 2.37. The van der Waals surface area contributed by atoms with Crippen LogP contribution in [0, 0.1) is 0 Å². The van der Waals surface area contributed by atoms with Crippen LogP contribution in [0.15, 0.2) is 54.9 Å². The summed E-state index contributed by atoms with van der Waals surface area (Å²) in [6.45, 7) is 0.0767. The number of hydrogen-bond acceptors (Lipinski definition) is 3. The fourth-order valence-corrected chi connectivity index (χ4v) is 2.57. The van der Waals surface area contributed by atoms with E-state index in [1.165, 1.54) is 4.57 Å². The number of halogens is 1. The molecule has 2 heterocycles. The molecule has 5 nitrogen and oxygen atoms in total. The van der Waals surface area contributed by atoms with E-state index in [0.29, 0.717) is 10.7 Å². The highest BCUT2D eigenvalue weighted by Crippen LogP contribution is 2.23. The number of aliphatic hydroxyl groups excluding tert-OH is 1. The number of aliphatic hydroxyl groups is 1. The lowest BCUT2D eigenvalue weighted by atomic mass is 10.2. The standard InChI is InChI=1S/C16H14ClN3O2/c17-15-8-11-4-1-2-6-13(11)20(15)16(22)19-10-14(21)12-5-3-7-18-9-12/h1-9,14,21H,10H2,(H,19,22)/t14-/m1/s1. The van der Waals surface area contributed by atoms with Crippen molar-refractivity contribution in [2.45, 2.75) is 6.10 Å². The van der Waals surface area contributed by atoms with Crippen LogP contribution in [-0.4, -0.2) is 27.2 Å². The fourth-order valence-electron chi connectivity index (χ4n) is 2.28. The molecule has 1 amide bonds. The average molecular weight is 316 g/mol. The summed E-state index contributed by atoms with van der Waals surface area (Å²) >= 11 is 6.12. The van der Waals surface area contributed by atoms with E-state index >= 15 is 0 Å². The highest BCUT2D eigenvalue weighted by Gasteiger charge is 2.15. The predicted octanol–water partition coefficient (Wildman–Crippen LogP) is 2.98. The van der Waals surface area contributed by atoms with Crippen molar-refractivity contribution >= 4 is 28.5 Å². The van der Waals surface area contributed by atoms with Gasteiger partial charge in [-0.2, -0.15) is 0 Å². The number of carbonyl (C=O) groups excluding carboxylic acids is 1. The van der Waals surface area contributed by atoms with E-state index < -0.39 is 6.10 Å². The van der Waals surface area contributed by atoms with E-state index in [2.05, 4.69) is 10.3 Å². The van der Waals surface area contributed by atoms with Crippen LogP contribution in [0.2, 0.25) is 5.15 Å². The second-order valence-corrected chi connectivity index (χ2v) is 5.24. The lowest BCUT2D eigenvalue weighted by Crippen LogP contribution is -2.32. The van der Waals surface area contributed by atoms with E-state index in [1.807, 2.05) is 24.3 Å². The van der Waals surface area contributed by atoms with Gasteiger partial charge < -0.3 is 10.4 Å². The zero-order valence-electron chi connectivity index (χ0n) is 11.6. The smallest absolute Gasteiger partial charge is 0.327 e. The first kappa shape index (κ1) is 14.6.